The largest absolute Gasteiger partial charge is 0.494 e. The molecule has 0 bridgehead atoms. The Morgan fingerprint density at radius 1 is 1.32 bits per heavy atom. The predicted molar refractivity (Wildman–Crippen MR) is 97.6 cm³/mol. The van der Waals surface area contributed by atoms with Crippen molar-refractivity contribution in [3.8, 4) is 5.75 Å². The van der Waals surface area contributed by atoms with Crippen LogP contribution in [0.1, 0.15) is 44.1 Å². The molecule has 0 radical (unpaired) electrons. The van der Waals surface area contributed by atoms with Gasteiger partial charge in [-0.15, -0.1) is 20.4 Å². The number of ether oxygens (including phenoxy) is 1. The van der Waals surface area contributed by atoms with Crippen molar-refractivity contribution in [2.24, 2.45) is 10.2 Å². The first-order valence-corrected chi connectivity index (χ1v) is 8.61. The van der Waals surface area contributed by atoms with Gasteiger partial charge in [0, 0.05) is 10.9 Å². The summed E-state index contributed by atoms with van der Waals surface area (Å²) in [6.07, 6.45) is 2.12. The average Bonchev–Trinajstić information content (AvgIpc) is 3.13. The standard InChI is InChI=1S/C17H21ClN6O/c1-5-6-10(2)15-16(17-22-19-11(3)24(17)23-15)21-20-13-9-12(18)7-8-14(13)25-4/h7-10,23H,5-6H2,1-4H3. The number of nitrogens with one attached hydrogen (secondary N) is 1. The fourth-order valence-electron chi connectivity index (χ4n) is 2.81. The highest BCUT2D eigenvalue weighted by Gasteiger charge is 2.20. The lowest BCUT2D eigenvalue weighted by Gasteiger charge is -2.08. The minimum absolute atomic E-state index is 0.307. The number of azo groups is 1. The predicted octanol–water partition coefficient (Wildman–Crippen LogP) is 5.35. The second kappa shape index (κ2) is 7.23. The Kier molecular flexibility index (Phi) is 5.03. The number of fused-ring (bicyclic) bond motifs is 1. The first kappa shape index (κ1) is 17.4. The Bertz CT molecular complexity index is 913. The number of aromatic amines is 1. The summed E-state index contributed by atoms with van der Waals surface area (Å²) in [4.78, 5) is 0. The van der Waals surface area contributed by atoms with Gasteiger partial charge in [-0.25, -0.2) is 4.52 Å². The summed E-state index contributed by atoms with van der Waals surface area (Å²) in [5.74, 6) is 1.70. The van der Waals surface area contributed by atoms with Gasteiger partial charge in [0.15, 0.2) is 5.69 Å². The average molecular weight is 361 g/mol. The summed E-state index contributed by atoms with van der Waals surface area (Å²) in [6.45, 7) is 6.22. The molecule has 3 aromatic rings. The third-order valence-electron chi connectivity index (χ3n) is 4.14. The van der Waals surface area contributed by atoms with Gasteiger partial charge in [0.2, 0.25) is 5.65 Å². The van der Waals surface area contributed by atoms with Gasteiger partial charge in [-0.05, 0) is 31.5 Å². The molecule has 8 heteroatoms. The van der Waals surface area contributed by atoms with E-state index in [9.17, 15) is 0 Å². The molecule has 7 nitrogen and oxygen atoms in total. The summed E-state index contributed by atoms with van der Waals surface area (Å²) < 4.78 is 7.16. The Labute approximate surface area is 151 Å². The molecule has 0 fully saturated rings. The highest BCUT2D eigenvalue weighted by molar-refractivity contribution is 6.30. The van der Waals surface area contributed by atoms with E-state index in [2.05, 4.69) is 39.4 Å². The summed E-state index contributed by atoms with van der Waals surface area (Å²) in [7, 11) is 1.59. The van der Waals surface area contributed by atoms with Crippen molar-refractivity contribution >= 4 is 28.6 Å². The lowest BCUT2D eigenvalue weighted by molar-refractivity contribution is 0.416. The van der Waals surface area contributed by atoms with Crippen LogP contribution in [0.5, 0.6) is 5.75 Å². The molecule has 0 aliphatic heterocycles. The van der Waals surface area contributed by atoms with Crippen LogP contribution in [0.15, 0.2) is 28.4 Å². The number of hydrogen-bond donors (Lipinski definition) is 1. The fourth-order valence-corrected chi connectivity index (χ4v) is 2.97. The van der Waals surface area contributed by atoms with E-state index in [1.807, 2.05) is 11.4 Å². The molecule has 132 valence electrons. The van der Waals surface area contributed by atoms with Crippen LogP contribution >= 0.6 is 11.6 Å². The highest BCUT2D eigenvalue weighted by Crippen LogP contribution is 2.36. The molecule has 0 saturated carbocycles. The molecule has 0 aliphatic rings. The van der Waals surface area contributed by atoms with Crippen LogP contribution in [0.3, 0.4) is 0 Å². The third-order valence-corrected chi connectivity index (χ3v) is 4.37. The number of aromatic nitrogens is 4. The van der Waals surface area contributed by atoms with Gasteiger partial charge in [-0.1, -0.05) is 31.9 Å². The van der Waals surface area contributed by atoms with Crippen molar-refractivity contribution in [3.63, 3.8) is 0 Å². The fraction of sp³-hybridized carbons (Fsp3) is 0.412. The Hall–Kier alpha value is -2.41. The maximum absolute atomic E-state index is 6.07. The van der Waals surface area contributed by atoms with Crippen LogP contribution in [0.25, 0.3) is 5.65 Å². The van der Waals surface area contributed by atoms with E-state index in [0.29, 0.717) is 33.7 Å². The van der Waals surface area contributed by atoms with E-state index in [4.69, 9.17) is 16.3 Å². The van der Waals surface area contributed by atoms with Crippen molar-refractivity contribution in [1.29, 1.82) is 0 Å². The van der Waals surface area contributed by atoms with Crippen LogP contribution in [0.2, 0.25) is 5.02 Å². The molecule has 1 unspecified atom stereocenters. The van der Waals surface area contributed by atoms with E-state index in [-0.39, 0.29) is 0 Å². The lowest BCUT2D eigenvalue weighted by Crippen LogP contribution is -1.96. The topological polar surface area (TPSA) is 79.9 Å². The SMILES string of the molecule is CCCC(C)c1[nH]n2c(C)nnc2c1N=Nc1cc(Cl)ccc1OC. The Morgan fingerprint density at radius 2 is 2.12 bits per heavy atom. The van der Waals surface area contributed by atoms with Gasteiger partial charge in [-0.2, -0.15) is 0 Å². The maximum Gasteiger partial charge on any atom is 0.205 e. The van der Waals surface area contributed by atoms with Crippen LogP contribution in [0, 0.1) is 6.92 Å². The van der Waals surface area contributed by atoms with Crippen molar-refractivity contribution in [2.75, 3.05) is 7.11 Å². The van der Waals surface area contributed by atoms with E-state index in [0.717, 1.165) is 24.4 Å². The summed E-state index contributed by atoms with van der Waals surface area (Å²) in [5.41, 5.74) is 2.93. The minimum Gasteiger partial charge on any atom is -0.494 e. The summed E-state index contributed by atoms with van der Waals surface area (Å²) >= 11 is 6.07. The maximum atomic E-state index is 6.07. The third kappa shape index (κ3) is 3.37. The van der Waals surface area contributed by atoms with Gasteiger partial charge in [-0.3, -0.25) is 5.10 Å². The number of H-pyrrole nitrogens is 1. The number of nitrogens with zero attached hydrogens (tertiary/aromatic N) is 5. The van der Waals surface area contributed by atoms with Gasteiger partial charge >= 0.3 is 0 Å². The second-order valence-corrected chi connectivity index (χ2v) is 6.42. The highest BCUT2D eigenvalue weighted by atomic mass is 35.5. The van der Waals surface area contributed by atoms with E-state index < -0.39 is 0 Å². The first-order valence-electron chi connectivity index (χ1n) is 8.24. The number of methoxy groups -OCH3 is 1. The monoisotopic (exact) mass is 360 g/mol. The van der Waals surface area contributed by atoms with Crippen LogP contribution < -0.4 is 4.74 Å². The lowest BCUT2D eigenvalue weighted by atomic mass is 10.0. The molecule has 1 atom stereocenters. The molecule has 0 spiro atoms. The first-order chi connectivity index (χ1) is 12.0. The molecule has 25 heavy (non-hydrogen) atoms. The molecule has 1 N–H and O–H groups in total. The van der Waals surface area contributed by atoms with Gasteiger partial charge in [0.1, 0.15) is 17.3 Å². The number of benzene rings is 1. The summed E-state index contributed by atoms with van der Waals surface area (Å²) in [5, 5.41) is 21.1. The molecular formula is C17H21ClN6O. The van der Waals surface area contributed by atoms with E-state index >= 15 is 0 Å². The van der Waals surface area contributed by atoms with E-state index in [1.165, 1.54) is 0 Å². The number of hydrogen-bond acceptors (Lipinski definition) is 5. The second-order valence-electron chi connectivity index (χ2n) is 5.99. The zero-order chi connectivity index (χ0) is 18.0. The number of halogens is 1. The van der Waals surface area contributed by atoms with Crippen LogP contribution in [0.4, 0.5) is 11.4 Å². The quantitative estimate of drug-likeness (QED) is 0.602. The molecule has 0 saturated heterocycles. The van der Waals surface area contributed by atoms with Gasteiger partial charge < -0.3 is 4.74 Å². The number of rotatable bonds is 6. The van der Waals surface area contributed by atoms with Crippen molar-refractivity contribution in [3.05, 3.63) is 34.7 Å². The zero-order valence-corrected chi connectivity index (χ0v) is 15.5. The van der Waals surface area contributed by atoms with Crippen LogP contribution in [-0.4, -0.2) is 26.9 Å². The minimum atomic E-state index is 0.307. The molecular weight excluding hydrogens is 340 g/mol. The molecule has 2 heterocycles. The van der Waals surface area contributed by atoms with Crippen molar-refractivity contribution in [2.45, 2.75) is 39.5 Å². The number of aryl methyl sites for hydroxylation is 1. The van der Waals surface area contributed by atoms with Crippen molar-refractivity contribution in [1.82, 2.24) is 19.8 Å². The Morgan fingerprint density at radius 3 is 2.84 bits per heavy atom. The molecule has 3 rings (SSSR count). The molecule has 1 aromatic carbocycles. The molecule has 2 aromatic heterocycles. The Balaban J connectivity index is 2.08. The van der Waals surface area contributed by atoms with Crippen LogP contribution in [-0.2, 0) is 0 Å². The normalized spacial score (nSPS) is 13.0. The van der Waals surface area contributed by atoms with Gasteiger partial charge in [0.05, 0.1) is 12.8 Å². The van der Waals surface area contributed by atoms with Crippen molar-refractivity contribution < 1.29 is 4.74 Å². The zero-order valence-electron chi connectivity index (χ0n) is 14.7. The van der Waals surface area contributed by atoms with E-state index in [1.54, 1.807) is 25.3 Å². The van der Waals surface area contributed by atoms with Gasteiger partial charge in [0.25, 0.3) is 0 Å². The molecule has 0 amide bonds. The summed E-state index contributed by atoms with van der Waals surface area (Å²) in [6, 6.07) is 5.24. The molecule has 0 aliphatic carbocycles. The smallest absolute Gasteiger partial charge is 0.205 e.